The van der Waals surface area contributed by atoms with Gasteiger partial charge in [0.05, 0.1) is 30.1 Å². The highest BCUT2D eigenvalue weighted by Gasteiger charge is 2.24. The Kier molecular flexibility index (Phi) is 9.80. The van der Waals surface area contributed by atoms with Gasteiger partial charge in [0.15, 0.2) is 0 Å². The second-order valence-corrected chi connectivity index (χ2v) is 8.63. The number of carbonyl (C=O) groups excluding carboxylic acids is 1. The molecule has 0 amide bonds. The fourth-order valence-electron chi connectivity index (χ4n) is 4.07. The van der Waals surface area contributed by atoms with Crippen LogP contribution in [0.4, 0.5) is 5.69 Å². The van der Waals surface area contributed by atoms with Crippen molar-refractivity contribution in [3.63, 3.8) is 0 Å². The van der Waals surface area contributed by atoms with Crippen molar-refractivity contribution in [2.45, 2.75) is 39.2 Å². The molecule has 1 fully saturated rings. The van der Waals surface area contributed by atoms with E-state index in [-0.39, 0.29) is 36.6 Å². The predicted octanol–water partition coefficient (Wildman–Crippen LogP) is 2.93. The Hall–Kier alpha value is -3.24. The highest BCUT2D eigenvalue weighted by Crippen LogP contribution is 2.29. The molecule has 1 aromatic heterocycles. The molecule has 1 aliphatic heterocycles. The number of hydrogen-bond acceptors (Lipinski definition) is 9. The highest BCUT2D eigenvalue weighted by molar-refractivity contribution is 5.75. The number of ether oxygens (including phenoxy) is 3. The first kappa shape index (κ1) is 26.4. The number of aromatic nitrogens is 1. The van der Waals surface area contributed by atoms with Crippen molar-refractivity contribution in [2.75, 3.05) is 39.5 Å². The number of nitro groups is 1. The molecule has 3 rings (SSSR count). The molecule has 10 nitrogen and oxygen atoms in total. The van der Waals surface area contributed by atoms with Crippen LogP contribution in [0, 0.1) is 23.0 Å². The van der Waals surface area contributed by atoms with Gasteiger partial charge in [-0.3, -0.25) is 14.9 Å². The van der Waals surface area contributed by atoms with Crippen LogP contribution in [0.15, 0.2) is 36.4 Å². The molecule has 2 aromatic rings. The second kappa shape index (κ2) is 13.0. The molecule has 10 heteroatoms. The molecule has 0 saturated carbocycles. The summed E-state index contributed by atoms with van der Waals surface area (Å²) in [7, 11) is 0. The van der Waals surface area contributed by atoms with Gasteiger partial charge in [-0.25, -0.2) is 4.98 Å². The number of nitro benzene ring substituents is 1. The van der Waals surface area contributed by atoms with Crippen molar-refractivity contribution < 1.29 is 29.0 Å². The van der Waals surface area contributed by atoms with Gasteiger partial charge in [-0.15, -0.1) is 0 Å². The van der Waals surface area contributed by atoms with Gasteiger partial charge in [0.2, 0.25) is 5.88 Å². The van der Waals surface area contributed by atoms with Crippen LogP contribution in [0.2, 0.25) is 0 Å². The molecule has 190 valence electrons. The summed E-state index contributed by atoms with van der Waals surface area (Å²) in [5, 5.41) is 21.9. The maximum absolute atomic E-state index is 11.9. The lowest BCUT2D eigenvalue weighted by Crippen LogP contribution is -2.41. The normalized spacial score (nSPS) is 15.4. The third kappa shape index (κ3) is 8.18. The number of pyridine rings is 1. The van der Waals surface area contributed by atoms with Crippen LogP contribution in [0.1, 0.15) is 31.0 Å². The zero-order valence-electron chi connectivity index (χ0n) is 20.2. The van der Waals surface area contributed by atoms with E-state index >= 15 is 0 Å². The third-order valence-electron chi connectivity index (χ3n) is 5.87. The number of esters is 1. The summed E-state index contributed by atoms with van der Waals surface area (Å²) in [6.45, 7) is 6.44. The molecule has 2 heterocycles. The van der Waals surface area contributed by atoms with Gasteiger partial charge in [0, 0.05) is 24.4 Å². The lowest BCUT2D eigenvalue weighted by molar-refractivity contribution is -0.385. The van der Waals surface area contributed by atoms with Gasteiger partial charge in [-0.2, -0.15) is 0 Å². The van der Waals surface area contributed by atoms with E-state index in [1.165, 1.54) is 12.1 Å². The van der Waals surface area contributed by atoms with Gasteiger partial charge in [0.1, 0.15) is 18.5 Å². The topological polar surface area (TPSA) is 124 Å². The standard InChI is InChI=1S/C25H33N3O7/c1-3-33-25(30)14-21-22(28(31)32)7-5-8-23(21)34-17-20(29)15-27-12-10-19(11-13-27)16-35-24-9-4-6-18(2)26-24/h4-9,19-20,29H,3,10-17H2,1-2H3. The molecular weight excluding hydrogens is 454 g/mol. The summed E-state index contributed by atoms with van der Waals surface area (Å²) in [5.41, 5.74) is 0.855. The Bertz CT molecular complexity index is 993. The molecule has 0 spiro atoms. The van der Waals surface area contributed by atoms with Crippen LogP contribution < -0.4 is 9.47 Å². The van der Waals surface area contributed by atoms with Crippen LogP contribution in [-0.4, -0.2) is 71.4 Å². The smallest absolute Gasteiger partial charge is 0.310 e. The van der Waals surface area contributed by atoms with E-state index in [2.05, 4.69) is 9.88 Å². The Morgan fingerprint density at radius 1 is 1.23 bits per heavy atom. The van der Waals surface area contributed by atoms with Crippen LogP contribution in [0.5, 0.6) is 11.6 Å². The summed E-state index contributed by atoms with van der Waals surface area (Å²) in [6, 6.07) is 10.1. The van der Waals surface area contributed by atoms with E-state index in [1.54, 1.807) is 13.0 Å². The van der Waals surface area contributed by atoms with Crippen molar-refractivity contribution in [1.82, 2.24) is 9.88 Å². The zero-order valence-corrected chi connectivity index (χ0v) is 20.2. The number of nitrogens with zero attached hydrogens (tertiary/aromatic N) is 3. The molecule has 0 radical (unpaired) electrons. The summed E-state index contributed by atoms with van der Waals surface area (Å²) in [6.07, 6.45) is 0.848. The summed E-state index contributed by atoms with van der Waals surface area (Å²) in [5.74, 6) is 0.699. The van der Waals surface area contributed by atoms with Crippen LogP contribution in [-0.2, 0) is 16.0 Å². The van der Waals surface area contributed by atoms with Gasteiger partial charge in [-0.05, 0) is 57.8 Å². The van der Waals surface area contributed by atoms with Crippen LogP contribution in [0.25, 0.3) is 0 Å². The first-order valence-electron chi connectivity index (χ1n) is 11.9. The number of benzene rings is 1. The number of aliphatic hydroxyl groups is 1. The number of carbonyl (C=O) groups is 1. The fourth-order valence-corrected chi connectivity index (χ4v) is 4.07. The average molecular weight is 488 g/mol. The van der Waals surface area contributed by atoms with Gasteiger partial charge in [-0.1, -0.05) is 12.1 Å². The number of β-amino-alcohol motifs (C(OH)–C–C–N with tert-alkyl or cyclic N) is 1. The van der Waals surface area contributed by atoms with Crippen molar-refractivity contribution in [2.24, 2.45) is 5.92 Å². The molecule has 1 atom stereocenters. The zero-order chi connectivity index (χ0) is 25.2. The summed E-state index contributed by atoms with van der Waals surface area (Å²) in [4.78, 5) is 29.3. The first-order valence-corrected chi connectivity index (χ1v) is 11.9. The average Bonchev–Trinajstić information content (AvgIpc) is 2.83. The number of aryl methyl sites for hydroxylation is 1. The second-order valence-electron chi connectivity index (χ2n) is 8.63. The minimum Gasteiger partial charge on any atom is -0.490 e. The number of likely N-dealkylation sites (tertiary alicyclic amines) is 1. The Labute approximate surface area is 205 Å². The Morgan fingerprint density at radius 2 is 1.97 bits per heavy atom. The first-order chi connectivity index (χ1) is 16.9. The molecule has 1 unspecified atom stereocenters. The van der Waals surface area contributed by atoms with E-state index < -0.39 is 17.0 Å². The predicted molar refractivity (Wildman–Crippen MR) is 129 cm³/mol. The SMILES string of the molecule is CCOC(=O)Cc1c(OCC(O)CN2CCC(COc3cccc(C)n3)CC2)cccc1[N+](=O)[O-]. The van der Waals surface area contributed by atoms with E-state index in [9.17, 15) is 20.0 Å². The van der Waals surface area contributed by atoms with Gasteiger partial charge < -0.3 is 24.2 Å². The molecule has 1 aromatic carbocycles. The molecule has 1 saturated heterocycles. The lowest BCUT2D eigenvalue weighted by Gasteiger charge is -2.32. The maximum Gasteiger partial charge on any atom is 0.310 e. The van der Waals surface area contributed by atoms with Crippen molar-refractivity contribution in [1.29, 1.82) is 0 Å². The fraction of sp³-hybridized carbons (Fsp3) is 0.520. The van der Waals surface area contributed by atoms with E-state index in [1.807, 2.05) is 25.1 Å². The quantitative estimate of drug-likeness (QED) is 0.273. The Balaban J connectivity index is 1.46. The number of hydrogen-bond donors (Lipinski definition) is 1. The summed E-state index contributed by atoms with van der Waals surface area (Å²) < 4.78 is 16.5. The Morgan fingerprint density at radius 3 is 2.66 bits per heavy atom. The monoisotopic (exact) mass is 487 g/mol. The molecule has 1 aliphatic rings. The molecule has 0 bridgehead atoms. The van der Waals surface area contributed by atoms with Crippen LogP contribution in [0.3, 0.4) is 0 Å². The molecule has 1 N–H and O–H groups in total. The van der Waals surface area contributed by atoms with E-state index in [0.29, 0.717) is 24.9 Å². The van der Waals surface area contributed by atoms with E-state index in [0.717, 1.165) is 31.6 Å². The van der Waals surface area contributed by atoms with Gasteiger partial charge in [0.25, 0.3) is 5.69 Å². The van der Waals surface area contributed by atoms with Crippen molar-refractivity contribution in [3.05, 3.63) is 57.8 Å². The van der Waals surface area contributed by atoms with Crippen LogP contribution >= 0.6 is 0 Å². The number of rotatable bonds is 12. The minimum atomic E-state index is -0.783. The van der Waals surface area contributed by atoms with Crippen molar-refractivity contribution >= 4 is 11.7 Å². The molecule has 0 aliphatic carbocycles. The third-order valence-corrected chi connectivity index (χ3v) is 5.87. The molecular formula is C25H33N3O7. The minimum absolute atomic E-state index is 0.0426. The van der Waals surface area contributed by atoms with Gasteiger partial charge >= 0.3 is 5.97 Å². The summed E-state index contributed by atoms with van der Waals surface area (Å²) >= 11 is 0. The number of aliphatic hydroxyl groups excluding tert-OH is 1. The van der Waals surface area contributed by atoms with Crippen molar-refractivity contribution in [3.8, 4) is 11.6 Å². The molecule has 35 heavy (non-hydrogen) atoms. The maximum atomic E-state index is 11.9. The van der Waals surface area contributed by atoms with E-state index in [4.69, 9.17) is 14.2 Å². The highest BCUT2D eigenvalue weighted by atomic mass is 16.6. The largest absolute Gasteiger partial charge is 0.490 e. The number of piperidine rings is 1. The lowest BCUT2D eigenvalue weighted by atomic mass is 9.97.